The lowest BCUT2D eigenvalue weighted by atomic mass is 10.1. The predicted octanol–water partition coefficient (Wildman–Crippen LogP) is 2.68. The zero-order valence-corrected chi connectivity index (χ0v) is 11.1. The van der Waals surface area contributed by atoms with Crippen LogP contribution in [-0.4, -0.2) is 26.2 Å². The monoisotopic (exact) mass is 232 g/mol. The summed E-state index contributed by atoms with van der Waals surface area (Å²) in [5.41, 5.74) is 2.95. The SMILES string of the molecule is CC(C)CCNCCN1CCc2ccccc21. The van der Waals surface area contributed by atoms with Crippen molar-refractivity contribution < 1.29 is 0 Å². The highest BCUT2D eigenvalue weighted by atomic mass is 15.2. The molecule has 1 heterocycles. The Balaban J connectivity index is 1.71. The van der Waals surface area contributed by atoms with Crippen LogP contribution in [0.5, 0.6) is 0 Å². The number of rotatable bonds is 6. The summed E-state index contributed by atoms with van der Waals surface area (Å²) >= 11 is 0. The lowest BCUT2D eigenvalue weighted by Crippen LogP contribution is -2.31. The molecular weight excluding hydrogens is 208 g/mol. The third-order valence-corrected chi connectivity index (χ3v) is 3.44. The second-order valence-corrected chi connectivity index (χ2v) is 5.30. The van der Waals surface area contributed by atoms with E-state index in [-0.39, 0.29) is 0 Å². The van der Waals surface area contributed by atoms with Crippen LogP contribution in [0.2, 0.25) is 0 Å². The fraction of sp³-hybridized carbons (Fsp3) is 0.600. The molecule has 0 saturated carbocycles. The van der Waals surface area contributed by atoms with E-state index in [0.29, 0.717) is 0 Å². The Morgan fingerprint density at radius 1 is 1.24 bits per heavy atom. The maximum absolute atomic E-state index is 3.53. The summed E-state index contributed by atoms with van der Waals surface area (Å²) < 4.78 is 0. The average molecular weight is 232 g/mol. The maximum Gasteiger partial charge on any atom is 0.0399 e. The summed E-state index contributed by atoms with van der Waals surface area (Å²) in [4.78, 5) is 2.50. The molecule has 2 rings (SSSR count). The van der Waals surface area contributed by atoms with Gasteiger partial charge in [0.25, 0.3) is 0 Å². The molecule has 2 nitrogen and oxygen atoms in total. The smallest absolute Gasteiger partial charge is 0.0399 e. The van der Waals surface area contributed by atoms with Gasteiger partial charge in [0.1, 0.15) is 0 Å². The number of anilines is 1. The van der Waals surface area contributed by atoms with Crippen molar-refractivity contribution in [1.82, 2.24) is 5.32 Å². The van der Waals surface area contributed by atoms with E-state index in [9.17, 15) is 0 Å². The van der Waals surface area contributed by atoms with E-state index in [1.54, 1.807) is 0 Å². The zero-order chi connectivity index (χ0) is 12.1. The lowest BCUT2D eigenvalue weighted by molar-refractivity contribution is 0.538. The van der Waals surface area contributed by atoms with Crippen molar-refractivity contribution in [2.75, 3.05) is 31.1 Å². The molecule has 0 amide bonds. The minimum atomic E-state index is 0.801. The molecule has 0 aromatic heterocycles. The Kier molecular flexibility index (Phi) is 4.43. The Bertz CT molecular complexity index is 347. The molecule has 1 N–H and O–H groups in total. The summed E-state index contributed by atoms with van der Waals surface area (Å²) in [6.45, 7) is 9.12. The van der Waals surface area contributed by atoms with Gasteiger partial charge in [0.05, 0.1) is 0 Å². The minimum absolute atomic E-state index is 0.801. The van der Waals surface area contributed by atoms with Gasteiger partial charge >= 0.3 is 0 Å². The van der Waals surface area contributed by atoms with Crippen LogP contribution < -0.4 is 10.2 Å². The van der Waals surface area contributed by atoms with E-state index in [1.807, 2.05) is 0 Å². The average Bonchev–Trinajstić information content (AvgIpc) is 2.72. The topological polar surface area (TPSA) is 15.3 Å². The molecule has 0 spiro atoms. The second-order valence-electron chi connectivity index (χ2n) is 5.30. The van der Waals surface area contributed by atoms with Gasteiger partial charge in [0.2, 0.25) is 0 Å². The largest absolute Gasteiger partial charge is 0.370 e. The van der Waals surface area contributed by atoms with Crippen LogP contribution in [0.4, 0.5) is 5.69 Å². The molecule has 0 aliphatic carbocycles. The predicted molar refractivity (Wildman–Crippen MR) is 74.7 cm³/mol. The molecule has 0 unspecified atom stereocenters. The van der Waals surface area contributed by atoms with Crippen molar-refractivity contribution >= 4 is 5.69 Å². The van der Waals surface area contributed by atoms with E-state index in [2.05, 4.69) is 48.3 Å². The molecule has 0 bridgehead atoms. The number of hydrogen-bond donors (Lipinski definition) is 1. The fourth-order valence-corrected chi connectivity index (χ4v) is 2.37. The highest BCUT2D eigenvalue weighted by Crippen LogP contribution is 2.26. The molecule has 1 aromatic carbocycles. The molecule has 1 aliphatic rings. The van der Waals surface area contributed by atoms with E-state index < -0.39 is 0 Å². The van der Waals surface area contributed by atoms with Crippen LogP contribution in [0.1, 0.15) is 25.8 Å². The highest BCUT2D eigenvalue weighted by Gasteiger charge is 2.16. The van der Waals surface area contributed by atoms with Crippen LogP contribution in [-0.2, 0) is 6.42 Å². The molecular formula is C15H24N2. The van der Waals surface area contributed by atoms with E-state index in [1.165, 1.54) is 30.6 Å². The fourth-order valence-electron chi connectivity index (χ4n) is 2.37. The van der Waals surface area contributed by atoms with Crippen molar-refractivity contribution in [1.29, 1.82) is 0 Å². The van der Waals surface area contributed by atoms with Crippen molar-refractivity contribution in [2.45, 2.75) is 26.7 Å². The number of fused-ring (bicyclic) bond motifs is 1. The van der Waals surface area contributed by atoms with Gasteiger partial charge in [0.15, 0.2) is 0 Å². The van der Waals surface area contributed by atoms with Gasteiger partial charge < -0.3 is 10.2 Å². The van der Waals surface area contributed by atoms with Gasteiger partial charge in [-0.1, -0.05) is 32.0 Å². The first-order valence-electron chi connectivity index (χ1n) is 6.81. The number of nitrogens with one attached hydrogen (secondary N) is 1. The van der Waals surface area contributed by atoms with E-state index in [0.717, 1.165) is 25.6 Å². The Hall–Kier alpha value is -1.02. The number of hydrogen-bond acceptors (Lipinski definition) is 2. The second kappa shape index (κ2) is 6.06. The first kappa shape index (κ1) is 12.4. The molecule has 0 radical (unpaired) electrons. The van der Waals surface area contributed by atoms with Crippen LogP contribution >= 0.6 is 0 Å². The van der Waals surface area contributed by atoms with Gasteiger partial charge in [-0.2, -0.15) is 0 Å². The van der Waals surface area contributed by atoms with E-state index in [4.69, 9.17) is 0 Å². The highest BCUT2D eigenvalue weighted by molar-refractivity contribution is 5.57. The summed E-state index contributed by atoms with van der Waals surface area (Å²) in [7, 11) is 0. The molecule has 0 fully saturated rings. The standard InChI is InChI=1S/C15H24N2/c1-13(2)7-9-16-10-12-17-11-8-14-5-3-4-6-15(14)17/h3-6,13,16H,7-12H2,1-2H3. The molecule has 17 heavy (non-hydrogen) atoms. The van der Waals surface area contributed by atoms with Crippen molar-refractivity contribution in [3.8, 4) is 0 Å². The number of para-hydroxylation sites is 1. The van der Waals surface area contributed by atoms with Crippen molar-refractivity contribution in [3.05, 3.63) is 29.8 Å². The quantitative estimate of drug-likeness (QED) is 0.759. The summed E-state index contributed by atoms with van der Waals surface area (Å²) in [5, 5.41) is 3.53. The molecule has 1 aromatic rings. The first-order valence-corrected chi connectivity index (χ1v) is 6.81. The number of nitrogens with zero attached hydrogens (tertiary/aromatic N) is 1. The van der Waals surface area contributed by atoms with E-state index >= 15 is 0 Å². The van der Waals surface area contributed by atoms with Crippen molar-refractivity contribution in [2.24, 2.45) is 5.92 Å². The normalized spacial score (nSPS) is 14.4. The van der Waals surface area contributed by atoms with Gasteiger partial charge in [0, 0.05) is 25.3 Å². The van der Waals surface area contributed by atoms with Crippen molar-refractivity contribution in [3.63, 3.8) is 0 Å². The summed E-state index contributed by atoms with van der Waals surface area (Å²) in [6.07, 6.45) is 2.48. The lowest BCUT2D eigenvalue weighted by Gasteiger charge is -2.19. The van der Waals surface area contributed by atoms with Crippen LogP contribution in [0.15, 0.2) is 24.3 Å². The maximum atomic E-state index is 3.53. The Morgan fingerprint density at radius 3 is 2.88 bits per heavy atom. The Labute approximate surface area is 105 Å². The molecule has 1 aliphatic heterocycles. The molecule has 0 atom stereocenters. The van der Waals surface area contributed by atoms with Gasteiger partial charge in [-0.25, -0.2) is 0 Å². The minimum Gasteiger partial charge on any atom is -0.370 e. The summed E-state index contributed by atoms with van der Waals surface area (Å²) in [5.74, 6) is 0.801. The number of benzene rings is 1. The zero-order valence-electron chi connectivity index (χ0n) is 11.1. The first-order chi connectivity index (χ1) is 8.27. The summed E-state index contributed by atoms with van der Waals surface area (Å²) in [6, 6.07) is 8.78. The van der Waals surface area contributed by atoms with Crippen LogP contribution in [0, 0.1) is 5.92 Å². The van der Waals surface area contributed by atoms with Crippen LogP contribution in [0.25, 0.3) is 0 Å². The third kappa shape index (κ3) is 3.47. The van der Waals surface area contributed by atoms with Gasteiger partial charge in [-0.05, 0) is 36.9 Å². The van der Waals surface area contributed by atoms with Crippen LogP contribution in [0.3, 0.4) is 0 Å². The third-order valence-electron chi connectivity index (χ3n) is 3.44. The van der Waals surface area contributed by atoms with Gasteiger partial charge in [-0.3, -0.25) is 0 Å². The molecule has 2 heteroatoms. The molecule has 94 valence electrons. The Morgan fingerprint density at radius 2 is 2.06 bits per heavy atom. The van der Waals surface area contributed by atoms with Gasteiger partial charge in [-0.15, -0.1) is 0 Å². The molecule has 0 saturated heterocycles.